The summed E-state index contributed by atoms with van der Waals surface area (Å²) < 4.78 is 0. The van der Waals surface area contributed by atoms with Crippen molar-refractivity contribution in [3.05, 3.63) is 65.2 Å². The number of carbonyl (C=O) groups is 1. The van der Waals surface area contributed by atoms with Gasteiger partial charge in [0.15, 0.2) is 0 Å². The number of nitrogens with two attached hydrogens (primary N) is 1. The largest absolute Gasteiger partial charge is 0.399 e. The summed E-state index contributed by atoms with van der Waals surface area (Å²) in [6.07, 6.45) is 4.23. The van der Waals surface area contributed by atoms with Gasteiger partial charge in [0.25, 0.3) is 5.91 Å². The van der Waals surface area contributed by atoms with E-state index in [0.717, 1.165) is 43.4 Å². The molecule has 1 fully saturated rings. The summed E-state index contributed by atoms with van der Waals surface area (Å²) in [5.74, 6) is 0.130. The monoisotopic (exact) mass is 344 g/mol. The van der Waals surface area contributed by atoms with E-state index in [1.807, 2.05) is 36.1 Å². The second-order valence-corrected chi connectivity index (χ2v) is 6.39. The number of nitrogen functional groups attached to an aromatic ring is 1. The Morgan fingerprint density at radius 1 is 1.21 bits per heavy atom. The SMILES string of the molecule is Cc1ccc(N)cc1C(=O)N1CCCC1CCc1ccccc1.Cl. The summed E-state index contributed by atoms with van der Waals surface area (Å²) in [5, 5.41) is 0. The molecule has 0 aliphatic carbocycles. The van der Waals surface area contributed by atoms with Crippen LogP contribution in [0.4, 0.5) is 5.69 Å². The summed E-state index contributed by atoms with van der Waals surface area (Å²) >= 11 is 0. The maximum Gasteiger partial charge on any atom is 0.254 e. The lowest BCUT2D eigenvalue weighted by Gasteiger charge is -2.25. The topological polar surface area (TPSA) is 46.3 Å². The Bertz CT molecular complexity index is 687. The van der Waals surface area contributed by atoms with Crippen molar-refractivity contribution in [1.82, 2.24) is 4.90 Å². The molecule has 24 heavy (non-hydrogen) atoms. The molecule has 0 radical (unpaired) electrons. The number of carbonyl (C=O) groups excluding carboxylic acids is 1. The Kier molecular flexibility index (Phi) is 6.27. The third-order valence-electron chi connectivity index (χ3n) is 4.74. The van der Waals surface area contributed by atoms with Crippen molar-refractivity contribution in [2.45, 2.75) is 38.6 Å². The number of hydrogen-bond donors (Lipinski definition) is 1. The predicted molar refractivity (Wildman–Crippen MR) is 102 cm³/mol. The quantitative estimate of drug-likeness (QED) is 0.843. The predicted octanol–water partition coefficient (Wildman–Crippen LogP) is 4.24. The highest BCUT2D eigenvalue weighted by atomic mass is 35.5. The third-order valence-corrected chi connectivity index (χ3v) is 4.74. The lowest BCUT2D eigenvalue weighted by atomic mass is 10.0. The molecular weight excluding hydrogens is 320 g/mol. The fraction of sp³-hybridized carbons (Fsp3) is 0.350. The molecule has 1 heterocycles. The molecule has 2 aromatic carbocycles. The summed E-state index contributed by atoms with van der Waals surface area (Å²) in [5.41, 5.74) is 9.60. The van der Waals surface area contributed by atoms with Crippen LogP contribution in [0.15, 0.2) is 48.5 Å². The van der Waals surface area contributed by atoms with Crippen LogP contribution in [-0.4, -0.2) is 23.4 Å². The van der Waals surface area contributed by atoms with Crippen molar-refractivity contribution in [2.24, 2.45) is 0 Å². The van der Waals surface area contributed by atoms with Crippen LogP contribution in [0.1, 0.15) is 40.7 Å². The highest BCUT2D eigenvalue weighted by molar-refractivity contribution is 5.96. The number of aryl methyl sites for hydroxylation is 2. The molecule has 0 bridgehead atoms. The average molecular weight is 345 g/mol. The molecule has 1 atom stereocenters. The molecule has 1 aliphatic rings. The molecule has 0 aromatic heterocycles. The van der Waals surface area contributed by atoms with Crippen LogP contribution in [0.3, 0.4) is 0 Å². The maximum atomic E-state index is 12.9. The van der Waals surface area contributed by atoms with E-state index >= 15 is 0 Å². The van der Waals surface area contributed by atoms with Crippen LogP contribution in [0.2, 0.25) is 0 Å². The minimum Gasteiger partial charge on any atom is -0.399 e. The van der Waals surface area contributed by atoms with Crippen LogP contribution in [0.25, 0.3) is 0 Å². The Labute approximate surface area is 150 Å². The van der Waals surface area contributed by atoms with Gasteiger partial charge in [-0.05, 0) is 55.9 Å². The van der Waals surface area contributed by atoms with E-state index in [4.69, 9.17) is 5.73 Å². The summed E-state index contributed by atoms with van der Waals surface area (Å²) in [7, 11) is 0. The molecule has 0 spiro atoms. The normalized spacial score (nSPS) is 16.7. The fourth-order valence-electron chi connectivity index (χ4n) is 3.41. The second kappa shape index (κ2) is 8.20. The maximum absolute atomic E-state index is 12.9. The molecule has 1 amide bonds. The van der Waals surface area contributed by atoms with Gasteiger partial charge in [-0.25, -0.2) is 0 Å². The highest BCUT2D eigenvalue weighted by Crippen LogP contribution is 2.25. The first-order chi connectivity index (χ1) is 11.1. The first kappa shape index (κ1) is 18.3. The van der Waals surface area contributed by atoms with E-state index in [1.54, 1.807) is 0 Å². The fourth-order valence-corrected chi connectivity index (χ4v) is 3.41. The van der Waals surface area contributed by atoms with Crippen LogP contribution in [0, 0.1) is 6.92 Å². The van der Waals surface area contributed by atoms with Crippen molar-refractivity contribution in [1.29, 1.82) is 0 Å². The van der Waals surface area contributed by atoms with Gasteiger partial charge in [0.05, 0.1) is 0 Å². The molecule has 1 aliphatic heterocycles. The van der Waals surface area contributed by atoms with Gasteiger partial charge in [-0.15, -0.1) is 12.4 Å². The van der Waals surface area contributed by atoms with Gasteiger partial charge in [0, 0.05) is 23.8 Å². The van der Waals surface area contributed by atoms with Crippen molar-refractivity contribution in [3.63, 3.8) is 0 Å². The molecule has 3 rings (SSSR count). The van der Waals surface area contributed by atoms with Gasteiger partial charge >= 0.3 is 0 Å². The Morgan fingerprint density at radius 3 is 2.71 bits per heavy atom. The van der Waals surface area contributed by atoms with Crippen molar-refractivity contribution in [2.75, 3.05) is 12.3 Å². The Balaban J connectivity index is 0.00000208. The average Bonchev–Trinajstić information content (AvgIpc) is 3.04. The van der Waals surface area contributed by atoms with Gasteiger partial charge in [0.1, 0.15) is 0 Å². The standard InChI is InChI=1S/C20H24N2O.ClH/c1-15-9-11-17(21)14-19(15)20(23)22-13-5-8-18(22)12-10-16-6-3-2-4-7-16;/h2-4,6-7,9,11,14,18H,5,8,10,12-13,21H2,1H3;1H. The minimum atomic E-state index is 0. The van der Waals surface area contributed by atoms with Gasteiger partial charge in [-0.3, -0.25) is 4.79 Å². The Hall–Kier alpha value is -2.00. The molecule has 4 heteroatoms. The van der Waals surface area contributed by atoms with Crippen molar-refractivity contribution >= 4 is 24.0 Å². The lowest BCUT2D eigenvalue weighted by Crippen LogP contribution is -2.36. The zero-order valence-electron chi connectivity index (χ0n) is 14.1. The zero-order valence-corrected chi connectivity index (χ0v) is 14.9. The molecule has 2 N–H and O–H groups in total. The molecule has 3 nitrogen and oxygen atoms in total. The van der Waals surface area contributed by atoms with E-state index in [9.17, 15) is 4.79 Å². The van der Waals surface area contributed by atoms with Crippen LogP contribution in [-0.2, 0) is 6.42 Å². The summed E-state index contributed by atoms with van der Waals surface area (Å²) in [4.78, 5) is 15.0. The zero-order chi connectivity index (χ0) is 16.2. The molecule has 2 aromatic rings. The second-order valence-electron chi connectivity index (χ2n) is 6.39. The molecular formula is C20H25ClN2O. The molecule has 1 unspecified atom stereocenters. The molecule has 0 saturated carbocycles. The highest BCUT2D eigenvalue weighted by Gasteiger charge is 2.29. The number of rotatable bonds is 4. The lowest BCUT2D eigenvalue weighted by molar-refractivity contribution is 0.0730. The van der Waals surface area contributed by atoms with E-state index in [2.05, 4.69) is 24.3 Å². The first-order valence-corrected chi connectivity index (χ1v) is 8.36. The number of hydrogen-bond acceptors (Lipinski definition) is 2. The van der Waals surface area contributed by atoms with Crippen LogP contribution >= 0.6 is 12.4 Å². The van der Waals surface area contributed by atoms with E-state index in [1.165, 1.54) is 5.56 Å². The summed E-state index contributed by atoms with van der Waals surface area (Å²) in [6.45, 7) is 2.83. The van der Waals surface area contributed by atoms with Crippen LogP contribution in [0.5, 0.6) is 0 Å². The van der Waals surface area contributed by atoms with E-state index in [0.29, 0.717) is 11.7 Å². The van der Waals surface area contributed by atoms with Crippen LogP contribution < -0.4 is 5.73 Å². The molecule has 128 valence electrons. The third kappa shape index (κ3) is 4.09. The molecule has 1 saturated heterocycles. The summed E-state index contributed by atoms with van der Waals surface area (Å²) in [6, 6.07) is 16.4. The number of benzene rings is 2. The van der Waals surface area contributed by atoms with Gasteiger partial charge < -0.3 is 10.6 Å². The van der Waals surface area contributed by atoms with Crippen molar-refractivity contribution < 1.29 is 4.79 Å². The first-order valence-electron chi connectivity index (χ1n) is 8.36. The van der Waals surface area contributed by atoms with E-state index < -0.39 is 0 Å². The van der Waals surface area contributed by atoms with Crippen molar-refractivity contribution in [3.8, 4) is 0 Å². The number of nitrogens with zero attached hydrogens (tertiary/aromatic N) is 1. The number of likely N-dealkylation sites (tertiary alicyclic amines) is 1. The smallest absolute Gasteiger partial charge is 0.254 e. The number of amides is 1. The number of anilines is 1. The van der Waals surface area contributed by atoms with Gasteiger partial charge in [-0.1, -0.05) is 36.4 Å². The van der Waals surface area contributed by atoms with E-state index in [-0.39, 0.29) is 18.3 Å². The van der Waals surface area contributed by atoms with Gasteiger partial charge in [0.2, 0.25) is 0 Å². The Morgan fingerprint density at radius 2 is 1.96 bits per heavy atom. The van der Waals surface area contributed by atoms with Gasteiger partial charge in [-0.2, -0.15) is 0 Å². The minimum absolute atomic E-state index is 0. The number of halogens is 1.